The topological polar surface area (TPSA) is 38.0 Å². The lowest BCUT2D eigenvalue weighted by atomic mass is 9.48. The average Bonchev–Trinajstić information content (AvgIpc) is 3.28. The number of nitrogens with zero attached hydrogens (tertiary/aromatic N) is 2. The molecule has 5 rings (SSSR count). The third-order valence-electron chi connectivity index (χ3n) is 9.66. The maximum atomic E-state index is 15.4. The summed E-state index contributed by atoms with van der Waals surface area (Å²) in [5.41, 5.74) is 0.902. The molecule has 0 radical (unpaired) electrons. The Kier molecular flexibility index (Phi) is 4.73. The first kappa shape index (κ1) is 19.8. The summed E-state index contributed by atoms with van der Waals surface area (Å²) in [5.74, 6) is 2.91. The normalized spacial score (nSPS) is 49.2. The minimum absolute atomic E-state index is 0.0799. The van der Waals surface area contributed by atoms with E-state index in [2.05, 4.69) is 18.6 Å². The Morgan fingerprint density at radius 3 is 2.66 bits per heavy atom. The summed E-state index contributed by atoms with van der Waals surface area (Å²) >= 11 is 0. The van der Waals surface area contributed by atoms with Gasteiger partial charge in [0, 0.05) is 12.4 Å². The van der Waals surface area contributed by atoms with Crippen molar-refractivity contribution in [2.45, 2.75) is 83.5 Å². The second-order valence-corrected chi connectivity index (χ2v) is 11.3. The lowest BCUT2D eigenvalue weighted by Gasteiger charge is -2.57. The van der Waals surface area contributed by atoms with Crippen molar-refractivity contribution in [1.82, 2.24) is 9.78 Å². The molecule has 3 nitrogen and oxygen atoms in total. The summed E-state index contributed by atoms with van der Waals surface area (Å²) in [6.07, 6.45) is 11.3. The van der Waals surface area contributed by atoms with E-state index in [1.807, 2.05) is 30.1 Å². The molecular formula is C25H37FN2O. The number of hydrogen-bond donors (Lipinski definition) is 1. The standard InChI is InChI=1S/C25H37FN2O/c1-16(15-28-12-4-11-27-28)21-5-6-22-19-13-23(26)20-14-24(2,29)9-7-18(20)17(19)8-10-25(21,22)3/h4,11-12,17-23,29H,1,5-10,13-15H2,2-3H3/t17-,18-,19-,20-,21-,22+,23-,24-,25-/m1/s1. The van der Waals surface area contributed by atoms with E-state index in [4.69, 9.17) is 0 Å². The van der Waals surface area contributed by atoms with E-state index >= 15 is 4.39 Å². The third kappa shape index (κ3) is 3.21. The Morgan fingerprint density at radius 2 is 1.90 bits per heavy atom. The van der Waals surface area contributed by atoms with Crippen molar-refractivity contribution >= 4 is 0 Å². The molecule has 0 aromatic carbocycles. The predicted octanol–water partition coefficient (Wildman–Crippen LogP) is 5.41. The second kappa shape index (κ2) is 6.93. The van der Waals surface area contributed by atoms with Crippen LogP contribution in [0.25, 0.3) is 0 Å². The highest BCUT2D eigenvalue weighted by atomic mass is 19.1. The molecule has 1 aromatic heterocycles. The number of rotatable bonds is 3. The van der Waals surface area contributed by atoms with Crippen molar-refractivity contribution in [2.24, 2.45) is 40.9 Å². The van der Waals surface area contributed by atoms with E-state index in [9.17, 15) is 5.11 Å². The van der Waals surface area contributed by atoms with Gasteiger partial charge < -0.3 is 5.11 Å². The Labute approximate surface area is 174 Å². The Balaban J connectivity index is 1.35. The van der Waals surface area contributed by atoms with Crippen LogP contribution in [0, 0.1) is 40.9 Å². The Hall–Kier alpha value is -1.16. The lowest BCUT2D eigenvalue weighted by molar-refractivity contribution is -0.125. The van der Waals surface area contributed by atoms with E-state index in [1.165, 1.54) is 31.3 Å². The van der Waals surface area contributed by atoms with E-state index in [0.29, 0.717) is 36.0 Å². The minimum atomic E-state index is -0.735. The number of allylic oxidation sites excluding steroid dienone is 1. The first-order valence-electron chi connectivity index (χ1n) is 11.8. The van der Waals surface area contributed by atoms with Crippen LogP contribution in [0.1, 0.15) is 65.2 Å². The molecule has 0 unspecified atom stereocenters. The SMILES string of the molecule is C=C(Cn1cccn1)[C@H]1CC[C@H]2[C@@H]3C[C@@H](F)[C@@H]4C[C@](C)(O)CC[C@@H]4[C@H]3CC[C@]12C. The van der Waals surface area contributed by atoms with Gasteiger partial charge in [0.1, 0.15) is 6.17 Å². The zero-order valence-electron chi connectivity index (χ0n) is 18.1. The Morgan fingerprint density at radius 1 is 1.14 bits per heavy atom. The van der Waals surface area contributed by atoms with Crippen molar-refractivity contribution in [2.75, 3.05) is 0 Å². The molecule has 160 valence electrons. The van der Waals surface area contributed by atoms with Gasteiger partial charge >= 0.3 is 0 Å². The van der Waals surface area contributed by atoms with Gasteiger partial charge in [-0.15, -0.1) is 0 Å². The molecule has 0 amide bonds. The molecule has 4 fully saturated rings. The number of alkyl halides is 1. The van der Waals surface area contributed by atoms with Gasteiger partial charge in [-0.1, -0.05) is 19.1 Å². The summed E-state index contributed by atoms with van der Waals surface area (Å²) in [5, 5.41) is 14.9. The monoisotopic (exact) mass is 400 g/mol. The van der Waals surface area contributed by atoms with Gasteiger partial charge in [0.25, 0.3) is 0 Å². The summed E-state index contributed by atoms with van der Waals surface area (Å²) in [6, 6.07) is 1.97. The number of fused-ring (bicyclic) bond motifs is 5. The fourth-order valence-electron chi connectivity index (χ4n) is 8.39. The maximum absolute atomic E-state index is 15.4. The molecule has 0 saturated heterocycles. The summed E-state index contributed by atoms with van der Waals surface area (Å²) in [4.78, 5) is 0. The first-order chi connectivity index (χ1) is 13.8. The number of aromatic nitrogens is 2. The van der Waals surface area contributed by atoms with Crippen molar-refractivity contribution in [3.63, 3.8) is 0 Å². The first-order valence-corrected chi connectivity index (χ1v) is 11.8. The smallest absolute Gasteiger partial charge is 0.104 e. The zero-order valence-corrected chi connectivity index (χ0v) is 18.1. The molecule has 4 heteroatoms. The lowest BCUT2D eigenvalue weighted by Crippen LogP contribution is -2.54. The molecule has 0 spiro atoms. The van der Waals surface area contributed by atoms with Crippen LogP contribution in [-0.4, -0.2) is 26.7 Å². The van der Waals surface area contributed by atoms with Crippen LogP contribution in [0.3, 0.4) is 0 Å². The molecule has 4 aliphatic carbocycles. The van der Waals surface area contributed by atoms with Gasteiger partial charge in [0.15, 0.2) is 0 Å². The molecule has 29 heavy (non-hydrogen) atoms. The van der Waals surface area contributed by atoms with Crippen LogP contribution in [0.5, 0.6) is 0 Å². The molecule has 9 atom stereocenters. The quantitative estimate of drug-likeness (QED) is 0.689. The minimum Gasteiger partial charge on any atom is -0.390 e. The number of hydrogen-bond acceptors (Lipinski definition) is 2. The van der Waals surface area contributed by atoms with Gasteiger partial charge in [0.2, 0.25) is 0 Å². The molecule has 0 aliphatic heterocycles. The van der Waals surface area contributed by atoms with Gasteiger partial charge in [-0.25, -0.2) is 4.39 Å². The zero-order chi connectivity index (χ0) is 20.4. The highest BCUT2D eigenvalue weighted by molar-refractivity contribution is 5.16. The highest BCUT2D eigenvalue weighted by Crippen LogP contribution is 2.65. The van der Waals surface area contributed by atoms with E-state index in [0.717, 1.165) is 25.8 Å². The van der Waals surface area contributed by atoms with E-state index < -0.39 is 11.8 Å². The van der Waals surface area contributed by atoms with Crippen molar-refractivity contribution in [3.05, 3.63) is 30.6 Å². The maximum Gasteiger partial charge on any atom is 0.104 e. The van der Waals surface area contributed by atoms with Gasteiger partial charge in [-0.05, 0) is 105 Å². The van der Waals surface area contributed by atoms with Crippen LogP contribution < -0.4 is 0 Å². The molecule has 1 N–H and O–H groups in total. The van der Waals surface area contributed by atoms with Crippen LogP contribution >= 0.6 is 0 Å². The van der Waals surface area contributed by atoms with Gasteiger partial charge in [-0.2, -0.15) is 5.10 Å². The van der Waals surface area contributed by atoms with Crippen LogP contribution in [0.15, 0.2) is 30.6 Å². The number of aliphatic hydroxyl groups is 1. The van der Waals surface area contributed by atoms with Crippen LogP contribution in [-0.2, 0) is 6.54 Å². The van der Waals surface area contributed by atoms with Crippen molar-refractivity contribution in [3.8, 4) is 0 Å². The van der Waals surface area contributed by atoms with E-state index in [1.54, 1.807) is 0 Å². The van der Waals surface area contributed by atoms with E-state index in [-0.39, 0.29) is 11.3 Å². The van der Waals surface area contributed by atoms with Crippen LogP contribution in [0.2, 0.25) is 0 Å². The molecule has 4 saturated carbocycles. The molecular weight excluding hydrogens is 363 g/mol. The summed E-state index contributed by atoms with van der Waals surface area (Å²) in [7, 11) is 0. The second-order valence-electron chi connectivity index (χ2n) is 11.3. The molecule has 1 heterocycles. The fraction of sp³-hybridized carbons (Fsp3) is 0.800. The van der Waals surface area contributed by atoms with Crippen LogP contribution in [0.4, 0.5) is 4.39 Å². The third-order valence-corrected chi connectivity index (χ3v) is 9.66. The summed E-state index contributed by atoms with van der Waals surface area (Å²) in [6.45, 7) is 9.68. The highest BCUT2D eigenvalue weighted by Gasteiger charge is 2.59. The Bertz CT molecular complexity index is 759. The summed E-state index contributed by atoms with van der Waals surface area (Å²) < 4.78 is 17.4. The molecule has 1 aromatic rings. The predicted molar refractivity (Wildman–Crippen MR) is 113 cm³/mol. The van der Waals surface area contributed by atoms with Crippen molar-refractivity contribution < 1.29 is 9.50 Å². The number of halogens is 1. The van der Waals surface area contributed by atoms with Gasteiger partial charge in [0.05, 0.1) is 12.1 Å². The largest absolute Gasteiger partial charge is 0.390 e. The molecule has 0 bridgehead atoms. The van der Waals surface area contributed by atoms with Crippen molar-refractivity contribution in [1.29, 1.82) is 0 Å². The van der Waals surface area contributed by atoms with Gasteiger partial charge in [-0.3, -0.25) is 4.68 Å². The fourth-order valence-corrected chi connectivity index (χ4v) is 8.39. The average molecular weight is 401 g/mol. The molecule has 4 aliphatic rings.